The third kappa shape index (κ3) is 2.51. The van der Waals surface area contributed by atoms with Crippen molar-refractivity contribution in [3.05, 3.63) is 29.7 Å². The molecule has 1 fully saturated rings. The first-order chi connectivity index (χ1) is 9.63. The summed E-state index contributed by atoms with van der Waals surface area (Å²) in [7, 11) is 2.13. The first kappa shape index (κ1) is 13.1. The van der Waals surface area contributed by atoms with Crippen LogP contribution < -0.4 is 0 Å². The van der Waals surface area contributed by atoms with E-state index in [1.54, 1.807) is 22.8 Å². The third-order valence-electron chi connectivity index (χ3n) is 3.83. The SMILES string of the molecule is CN1CCCC(Cc2nc3c(C(=O)O)cccn3n2)C1. The second-order valence-corrected chi connectivity index (χ2v) is 5.50. The Kier molecular flexibility index (Phi) is 3.40. The Morgan fingerprint density at radius 2 is 2.40 bits per heavy atom. The van der Waals surface area contributed by atoms with Crippen LogP contribution in [0.25, 0.3) is 5.65 Å². The van der Waals surface area contributed by atoms with Gasteiger partial charge in [0.25, 0.3) is 0 Å². The van der Waals surface area contributed by atoms with E-state index in [4.69, 9.17) is 5.11 Å². The van der Waals surface area contributed by atoms with Gasteiger partial charge in [-0.1, -0.05) is 0 Å². The fraction of sp³-hybridized carbons (Fsp3) is 0.500. The molecule has 6 heteroatoms. The summed E-state index contributed by atoms with van der Waals surface area (Å²) in [6.07, 6.45) is 4.94. The maximum atomic E-state index is 11.2. The van der Waals surface area contributed by atoms with Gasteiger partial charge in [0.2, 0.25) is 0 Å². The topological polar surface area (TPSA) is 70.7 Å². The highest BCUT2D eigenvalue weighted by molar-refractivity contribution is 5.94. The summed E-state index contributed by atoms with van der Waals surface area (Å²) in [5.74, 6) is 0.324. The van der Waals surface area contributed by atoms with Gasteiger partial charge in [-0.05, 0) is 44.5 Å². The van der Waals surface area contributed by atoms with E-state index in [1.807, 2.05) is 0 Å². The molecule has 0 bridgehead atoms. The summed E-state index contributed by atoms with van der Waals surface area (Å²) in [5, 5.41) is 13.6. The molecule has 3 heterocycles. The highest BCUT2D eigenvalue weighted by atomic mass is 16.4. The quantitative estimate of drug-likeness (QED) is 0.913. The van der Waals surface area contributed by atoms with E-state index in [0.29, 0.717) is 11.6 Å². The van der Waals surface area contributed by atoms with E-state index in [-0.39, 0.29) is 5.56 Å². The maximum Gasteiger partial charge on any atom is 0.339 e. The van der Waals surface area contributed by atoms with Gasteiger partial charge in [0.15, 0.2) is 11.5 Å². The number of likely N-dealkylation sites (tertiary alicyclic amines) is 1. The Bertz CT molecular complexity index is 637. The largest absolute Gasteiger partial charge is 0.478 e. The number of pyridine rings is 1. The second-order valence-electron chi connectivity index (χ2n) is 5.50. The van der Waals surface area contributed by atoms with Crippen LogP contribution in [0.5, 0.6) is 0 Å². The molecule has 0 aromatic carbocycles. The lowest BCUT2D eigenvalue weighted by molar-refractivity contribution is 0.0698. The number of aromatic nitrogens is 3. The van der Waals surface area contributed by atoms with Crippen molar-refractivity contribution in [3.63, 3.8) is 0 Å². The molecule has 0 amide bonds. The minimum Gasteiger partial charge on any atom is -0.478 e. The third-order valence-corrected chi connectivity index (χ3v) is 3.83. The van der Waals surface area contributed by atoms with Gasteiger partial charge in [0.05, 0.1) is 0 Å². The van der Waals surface area contributed by atoms with Gasteiger partial charge < -0.3 is 10.0 Å². The zero-order valence-electron chi connectivity index (χ0n) is 11.5. The van der Waals surface area contributed by atoms with Gasteiger partial charge in [-0.15, -0.1) is 0 Å². The van der Waals surface area contributed by atoms with Crippen LogP contribution in [0.2, 0.25) is 0 Å². The number of rotatable bonds is 3. The minimum absolute atomic E-state index is 0.201. The van der Waals surface area contributed by atoms with Crippen molar-refractivity contribution in [2.45, 2.75) is 19.3 Å². The van der Waals surface area contributed by atoms with Crippen LogP contribution in [0, 0.1) is 5.92 Å². The van der Waals surface area contributed by atoms with Gasteiger partial charge in [0, 0.05) is 19.2 Å². The Balaban J connectivity index is 1.85. The lowest BCUT2D eigenvalue weighted by atomic mass is 9.95. The average molecular weight is 274 g/mol. The van der Waals surface area contributed by atoms with Gasteiger partial charge in [-0.3, -0.25) is 0 Å². The van der Waals surface area contributed by atoms with Crippen LogP contribution >= 0.6 is 0 Å². The molecule has 1 unspecified atom stereocenters. The normalized spacial score (nSPS) is 20.4. The number of fused-ring (bicyclic) bond motifs is 1. The zero-order valence-corrected chi connectivity index (χ0v) is 11.5. The van der Waals surface area contributed by atoms with Gasteiger partial charge in [0.1, 0.15) is 5.56 Å². The molecule has 0 spiro atoms. The first-order valence-electron chi connectivity index (χ1n) is 6.89. The number of aromatic carboxylic acids is 1. The first-order valence-corrected chi connectivity index (χ1v) is 6.89. The van der Waals surface area contributed by atoms with Crippen LogP contribution in [0.4, 0.5) is 0 Å². The molecule has 1 aliphatic heterocycles. The number of piperidine rings is 1. The summed E-state index contributed by atoms with van der Waals surface area (Å²) < 4.78 is 1.56. The zero-order chi connectivity index (χ0) is 14.1. The predicted molar refractivity (Wildman–Crippen MR) is 73.9 cm³/mol. The fourth-order valence-corrected chi connectivity index (χ4v) is 2.90. The maximum absolute atomic E-state index is 11.2. The summed E-state index contributed by atoms with van der Waals surface area (Å²) in [6, 6.07) is 3.24. The predicted octanol–water partition coefficient (Wildman–Crippen LogP) is 1.31. The van der Waals surface area contributed by atoms with Crippen LogP contribution in [0.1, 0.15) is 29.0 Å². The van der Waals surface area contributed by atoms with E-state index >= 15 is 0 Å². The van der Waals surface area contributed by atoms with Crippen molar-refractivity contribution < 1.29 is 9.90 Å². The number of hydrogen-bond donors (Lipinski definition) is 1. The number of carbonyl (C=O) groups is 1. The van der Waals surface area contributed by atoms with E-state index in [2.05, 4.69) is 22.0 Å². The summed E-state index contributed by atoms with van der Waals surface area (Å²) >= 11 is 0. The molecule has 3 rings (SSSR count). The molecule has 0 radical (unpaired) electrons. The summed E-state index contributed by atoms with van der Waals surface area (Å²) in [4.78, 5) is 17.9. The van der Waals surface area contributed by atoms with Crippen molar-refractivity contribution in [2.24, 2.45) is 5.92 Å². The molecule has 1 aliphatic rings. The molecule has 20 heavy (non-hydrogen) atoms. The Hall–Kier alpha value is -1.95. The molecule has 2 aromatic rings. The molecule has 0 saturated carbocycles. The van der Waals surface area contributed by atoms with Crippen molar-refractivity contribution in [2.75, 3.05) is 20.1 Å². The average Bonchev–Trinajstić information content (AvgIpc) is 2.80. The lowest BCUT2D eigenvalue weighted by Crippen LogP contribution is -2.33. The molecular weight excluding hydrogens is 256 g/mol. The highest BCUT2D eigenvalue weighted by Gasteiger charge is 2.20. The number of hydrogen-bond acceptors (Lipinski definition) is 4. The number of carboxylic acids is 1. The van der Waals surface area contributed by atoms with Gasteiger partial charge >= 0.3 is 5.97 Å². The van der Waals surface area contributed by atoms with Gasteiger partial charge in [-0.2, -0.15) is 5.10 Å². The van der Waals surface area contributed by atoms with Crippen molar-refractivity contribution in [1.82, 2.24) is 19.5 Å². The molecule has 1 N–H and O–H groups in total. The fourth-order valence-electron chi connectivity index (χ4n) is 2.90. The van der Waals surface area contributed by atoms with Crippen LogP contribution in [0.15, 0.2) is 18.3 Å². The highest BCUT2D eigenvalue weighted by Crippen LogP contribution is 2.19. The summed E-state index contributed by atoms with van der Waals surface area (Å²) in [6.45, 7) is 2.21. The smallest absolute Gasteiger partial charge is 0.339 e. The lowest BCUT2D eigenvalue weighted by Gasteiger charge is -2.28. The number of nitrogens with zero attached hydrogens (tertiary/aromatic N) is 4. The molecule has 0 aliphatic carbocycles. The molecular formula is C14H18N4O2. The van der Waals surface area contributed by atoms with Crippen LogP contribution in [-0.2, 0) is 6.42 Å². The molecule has 106 valence electrons. The van der Waals surface area contributed by atoms with Crippen molar-refractivity contribution >= 4 is 11.6 Å². The van der Waals surface area contributed by atoms with E-state index in [0.717, 1.165) is 25.3 Å². The monoisotopic (exact) mass is 274 g/mol. The second kappa shape index (κ2) is 5.20. The molecule has 2 aromatic heterocycles. The molecule has 1 atom stereocenters. The van der Waals surface area contributed by atoms with E-state index < -0.39 is 5.97 Å². The van der Waals surface area contributed by atoms with E-state index in [1.165, 1.54) is 12.8 Å². The molecule has 6 nitrogen and oxygen atoms in total. The van der Waals surface area contributed by atoms with Gasteiger partial charge in [-0.25, -0.2) is 14.3 Å². The minimum atomic E-state index is -0.966. The Labute approximate surface area is 117 Å². The standard InChI is InChI=1S/C14H18N4O2/c1-17-6-2-4-10(9-17)8-12-15-13-11(14(19)20)5-3-7-18(13)16-12/h3,5,7,10H,2,4,6,8-9H2,1H3,(H,19,20). The van der Waals surface area contributed by atoms with Crippen LogP contribution in [0.3, 0.4) is 0 Å². The molecule has 1 saturated heterocycles. The Morgan fingerprint density at radius 1 is 1.55 bits per heavy atom. The van der Waals surface area contributed by atoms with Crippen molar-refractivity contribution in [3.8, 4) is 0 Å². The van der Waals surface area contributed by atoms with Crippen LogP contribution in [-0.4, -0.2) is 50.7 Å². The van der Waals surface area contributed by atoms with E-state index in [9.17, 15) is 4.79 Å². The summed E-state index contributed by atoms with van der Waals surface area (Å²) in [5.41, 5.74) is 0.631. The van der Waals surface area contributed by atoms with Crippen molar-refractivity contribution in [1.29, 1.82) is 0 Å². The number of carboxylic acid groups (broad SMARTS) is 1. The Morgan fingerprint density at radius 3 is 3.15 bits per heavy atom.